The Balaban J connectivity index is 1.65. The van der Waals surface area contributed by atoms with Crippen LogP contribution in [0.15, 0.2) is 21.9 Å². The van der Waals surface area contributed by atoms with Crippen LogP contribution in [0.5, 0.6) is 0 Å². The van der Waals surface area contributed by atoms with Gasteiger partial charge in [-0.15, -0.1) is 0 Å². The fraction of sp³-hybridized carbons (Fsp3) is 0.706. The lowest BCUT2D eigenvalue weighted by molar-refractivity contribution is -0.157. The first kappa shape index (κ1) is 17.0. The average Bonchev–Trinajstić information content (AvgIpc) is 2.57. The van der Waals surface area contributed by atoms with Gasteiger partial charge in [-0.05, 0) is 26.2 Å². The normalized spacial score (nSPS) is 25.2. The Morgan fingerprint density at radius 3 is 2.79 bits per heavy atom. The molecule has 24 heavy (non-hydrogen) atoms. The zero-order valence-corrected chi connectivity index (χ0v) is 14.0. The van der Waals surface area contributed by atoms with E-state index in [1.54, 1.807) is 0 Å². The van der Waals surface area contributed by atoms with Crippen LogP contribution in [0.1, 0.15) is 45.4 Å². The molecular formula is C17H25N3O4. The highest BCUT2D eigenvalue weighted by Gasteiger charge is 2.56. The Labute approximate surface area is 140 Å². The maximum atomic E-state index is 12.3. The van der Waals surface area contributed by atoms with Gasteiger partial charge in [0.2, 0.25) is 5.91 Å². The fourth-order valence-corrected chi connectivity index (χ4v) is 4.23. The largest absolute Gasteiger partial charge is 0.378 e. The molecule has 0 aromatic carbocycles. The van der Waals surface area contributed by atoms with Gasteiger partial charge in [-0.25, -0.2) is 4.79 Å². The lowest BCUT2D eigenvalue weighted by Gasteiger charge is -2.57. The molecule has 2 N–H and O–H groups in total. The highest BCUT2D eigenvalue weighted by atomic mass is 16.5. The number of aromatic amines is 1. The molecule has 2 unspecified atom stereocenters. The lowest BCUT2D eigenvalue weighted by atomic mass is 9.55. The zero-order chi connectivity index (χ0) is 17.2. The van der Waals surface area contributed by atoms with Gasteiger partial charge in [-0.3, -0.25) is 19.1 Å². The van der Waals surface area contributed by atoms with E-state index in [9.17, 15) is 14.4 Å². The molecule has 1 amide bonds. The molecule has 1 heterocycles. The van der Waals surface area contributed by atoms with Gasteiger partial charge < -0.3 is 10.1 Å². The molecule has 1 aromatic heterocycles. The van der Waals surface area contributed by atoms with E-state index in [0.29, 0.717) is 6.61 Å². The number of ether oxygens (including phenoxy) is 1. The Morgan fingerprint density at radius 1 is 1.38 bits per heavy atom. The Kier molecular flexibility index (Phi) is 4.89. The maximum absolute atomic E-state index is 12.3. The maximum Gasteiger partial charge on any atom is 0.328 e. The van der Waals surface area contributed by atoms with Crippen LogP contribution in [0.2, 0.25) is 0 Å². The van der Waals surface area contributed by atoms with E-state index in [4.69, 9.17) is 4.74 Å². The number of aromatic nitrogens is 2. The molecule has 0 aliphatic heterocycles. The molecule has 7 nitrogen and oxygen atoms in total. The van der Waals surface area contributed by atoms with Crippen LogP contribution < -0.4 is 16.6 Å². The molecule has 0 saturated heterocycles. The van der Waals surface area contributed by atoms with Crippen LogP contribution in [0.25, 0.3) is 0 Å². The Bertz CT molecular complexity index is 702. The summed E-state index contributed by atoms with van der Waals surface area (Å²) in [5.74, 6) is -0.200. The summed E-state index contributed by atoms with van der Waals surface area (Å²) in [7, 11) is 0. The van der Waals surface area contributed by atoms with Gasteiger partial charge >= 0.3 is 5.69 Å². The Hall–Kier alpha value is -1.89. The molecule has 2 aliphatic carbocycles. The summed E-state index contributed by atoms with van der Waals surface area (Å²) in [6.07, 6.45) is 8.17. The molecule has 2 saturated carbocycles. The molecule has 1 spiro atoms. The van der Waals surface area contributed by atoms with Gasteiger partial charge in [0.05, 0.1) is 6.10 Å². The molecule has 3 rings (SSSR count). The van der Waals surface area contributed by atoms with Crippen molar-refractivity contribution in [1.82, 2.24) is 14.9 Å². The van der Waals surface area contributed by atoms with Crippen molar-refractivity contribution < 1.29 is 9.53 Å². The van der Waals surface area contributed by atoms with Gasteiger partial charge in [-0.1, -0.05) is 19.3 Å². The molecule has 0 bridgehead atoms. The lowest BCUT2D eigenvalue weighted by Crippen LogP contribution is -2.65. The van der Waals surface area contributed by atoms with E-state index in [1.165, 1.54) is 36.1 Å². The van der Waals surface area contributed by atoms with Crippen LogP contribution in [0.4, 0.5) is 0 Å². The zero-order valence-electron chi connectivity index (χ0n) is 14.0. The summed E-state index contributed by atoms with van der Waals surface area (Å²) in [5, 5.41) is 3.08. The number of carbonyl (C=O) groups is 1. The highest BCUT2D eigenvalue weighted by molar-refractivity contribution is 5.76. The summed E-state index contributed by atoms with van der Waals surface area (Å²) in [6, 6.07) is 1.35. The first-order valence-corrected chi connectivity index (χ1v) is 8.76. The molecule has 132 valence electrons. The van der Waals surface area contributed by atoms with Crippen molar-refractivity contribution in [3.05, 3.63) is 33.1 Å². The third-order valence-corrected chi connectivity index (χ3v) is 5.48. The molecular weight excluding hydrogens is 310 g/mol. The highest BCUT2D eigenvalue weighted by Crippen LogP contribution is 2.53. The van der Waals surface area contributed by atoms with Crippen molar-refractivity contribution in [3.63, 3.8) is 0 Å². The summed E-state index contributed by atoms with van der Waals surface area (Å²) < 4.78 is 7.10. The van der Waals surface area contributed by atoms with E-state index in [-0.39, 0.29) is 30.0 Å². The first-order chi connectivity index (χ1) is 11.5. The minimum atomic E-state index is -0.564. The molecule has 7 heteroatoms. The summed E-state index contributed by atoms with van der Waals surface area (Å²) >= 11 is 0. The second-order valence-electron chi connectivity index (χ2n) is 6.83. The van der Waals surface area contributed by atoms with Crippen LogP contribution >= 0.6 is 0 Å². The van der Waals surface area contributed by atoms with Crippen LogP contribution in [0.3, 0.4) is 0 Å². The topological polar surface area (TPSA) is 93.2 Å². The SMILES string of the molecule is CCOC1CC(NC(=O)Cn2ccc(=O)[nH]c2=O)C12CCCCC2. The van der Waals surface area contributed by atoms with Gasteiger partial charge in [-0.2, -0.15) is 0 Å². The number of hydrogen-bond acceptors (Lipinski definition) is 4. The third-order valence-electron chi connectivity index (χ3n) is 5.48. The van der Waals surface area contributed by atoms with E-state index in [1.807, 2.05) is 6.92 Å². The van der Waals surface area contributed by atoms with Crippen molar-refractivity contribution in [2.45, 2.75) is 64.1 Å². The second-order valence-corrected chi connectivity index (χ2v) is 6.83. The number of rotatable bonds is 5. The van der Waals surface area contributed by atoms with Crippen molar-refractivity contribution in [2.75, 3.05) is 6.61 Å². The molecule has 2 aliphatic rings. The summed E-state index contributed by atoms with van der Waals surface area (Å²) in [4.78, 5) is 37.3. The number of H-pyrrole nitrogens is 1. The number of carbonyl (C=O) groups excluding carboxylic acids is 1. The number of nitrogens with one attached hydrogen (secondary N) is 2. The van der Waals surface area contributed by atoms with Crippen LogP contribution in [0, 0.1) is 5.41 Å². The minimum Gasteiger partial charge on any atom is -0.378 e. The van der Waals surface area contributed by atoms with E-state index >= 15 is 0 Å². The van der Waals surface area contributed by atoms with Crippen LogP contribution in [-0.2, 0) is 16.1 Å². The van der Waals surface area contributed by atoms with E-state index < -0.39 is 11.2 Å². The smallest absolute Gasteiger partial charge is 0.328 e. The van der Waals surface area contributed by atoms with E-state index in [2.05, 4.69) is 10.3 Å². The number of hydrogen-bond donors (Lipinski definition) is 2. The van der Waals surface area contributed by atoms with Gasteiger partial charge in [0.1, 0.15) is 6.54 Å². The average molecular weight is 335 g/mol. The van der Waals surface area contributed by atoms with Crippen molar-refractivity contribution in [1.29, 1.82) is 0 Å². The minimum absolute atomic E-state index is 0.0554. The van der Waals surface area contributed by atoms with Crippen molar-refractivity contribution in [3.8, 4) is 0 Å². The standard InChI is InChI=1S/C17H25N3O4/c1-2-24-13-10-12(17(13)7-4-3-5-8-17)18-15(22)11-20-9-6-14(21)19-16(20)23/h6,9,12-13H,2-5,7-8,10-11H2,1H3,(H,18,22)(H,19,21,23). The number of nitrogens with zero attached hydrogens (tertiary/aromatic N) is 1. The van der Waals surface area contributed by atoms with Crippen LogP contribution in [-0.4, -0.2) is 34.2 Å². The Morgan fingerprint density at radius 2 is 2.12 bits per heavy atom. The third kappa shape index (κ3) is 3.17. The molecule has 2 atom stereocenters. The molecule has 1 aromatic rings. The monoisotopic (exact) mass is 335 g/mol. The number of amides is 1. The van der Waals surface area contributed by atoms with E-state index in [0.717, 1.165) is 19.3 Å². The predicted octanol–water partition coefficient (Wildman–Crippen LogP) is 0.781. The fourth-order valence-electron chi connectivity index (χ4n) is 4.23. The summed E-state index contributed by atoms with van der Waals surface area (Å²) in [5.41, 5.74) is -0.970. The quantitative estimate of drug-likeness (QED) is 0.831. The first-order valence-electron chi connectivity index (χ1n) is 8.76. The summed E-state index contributed by atoms with van der Waals surface area (Å²) in [6.45, 7) is 2.62. The van der Waals surface area contributed by atoms with Gasteiger partial charge in [0, 0.05) is 30.3 Å². The van der Waals surface area contributed by atoms with Crippen molar-refractivity contribution >= 4 is 5.91 Å². The van der Waals surface area contributed by atoms with Crippen molar-refractivity contribution in [2.24, 2.45) is 5.41 Å². The predicted molar refractivity (Wildman–Crippen MR) is 88.8 cm³/mol. The second kappa shape index (κ2) is 6.93. The van der Waals surface area contributed by atoms with Gasteiger partial charge in [0.15, 0.2) is 0 Å². The van der Waals surface area contributed by atoms with Gasteiger partial charge in [0.25, 0.3) is 5.56 Å². The molecule has 2 fully saturated rings. The molecule has 0 radical (unpaired) electrons.